The molecule has 4 nitrogen and oxygen atoms in total. The Morgan fingerprint density at radius 1 is 1.22 bits per heavy atom. The maximum atomic E-state index is 13.1. The van der Waals surface area contributed by atoms with Gasteiger partial charge in [0.2, 0.25) is 0 Å². The van der Waals surface area contributed by atoms with Gasteiger partial charge in [0, 0.05) is 18.7 Å². The number of halogens is 1. The van der Waals surface area contributed by atoms with E-state index in [9.17, 15) is 9.18 Å². The predicted molar refractivity (Wildman–Crippen MR) is 86.9 cm³/mol. The first-order valence-electron chi connectivity index (χ1n) is 7.13. The van der Waals surface area contributed by atoms with Crippen molar-refractivity contribution in [2.24, 2.45) is 0 Å². The molecule has 0 aliphatic heterocycles. The monoisotopic (exact) mass is 312 g/mol. The van der Waals surface area contributed by atoms with E-state index in [-0.39, 0.29) is 12.4 Å². The molecule has 0 bridgehead atoms. The first-order valence-corrected chi connectivity index (χ1v) is 7.13. The van der Waals surface area contributed by atoms with Gasteiger partial charge < -0.3 is 15.8 Å². The van der Waals surface area contributed by atoms with Crippen LogP contribution in [0.5, 0.6) is 0 Å². The van der Waals surface area contributed by atoms with Crippen LogP contribution in [-0.2, 0) is 11.3 Å². The lowest BCUT2D eigenvalue weighted by Crippen LogP contribution is -2.24. The van der Waals surface area contributed by atoms with Gasteiger partial charge in [-0.15, -0.1) is 0 Å². The summed E-state index contributed by atoms with van der Waals surface area (Å²) < 4.78 is 18.1. The van der Waals surface area contributed by atoms with Crippen LogP contribution in [0.1, 0.15) is 17.5 Å². The standard InChI is InChI=1S/C18H17FN2O2/c19-16-9-10-17(20)15(12-16)8-4-5-11-21-18(22)23-13-14-6-2-1-3-7-14/h1-3,6-7,9-10,12H,5,11,13,20H2,(H,21,22). The highest BCUT2D eigenvalue weighted by molar-refractivity contribution is 5.67. The third-order valence-electron chi connectivity index (χ3n) is 2.97. The highest BCUT2D eigenvalue weighted by atomic mass is 19.1. The Balaban J connectivity index is 1.70. The Morgan fingerprint density at radius 2 is 2.00 bits per heavy atom. The topological polar surface area (TPSA) is 64.3 Å². The smallest absolute Gasteiger partial charge is 0.407 e. The van der Waals surface area contributed by atoms with Gasteiger partial charge in [0.1, 0.15) is 12.4 Å². The van der Waals surface area contributed by atoms with Crippen LogP contribution in [0.3, 0.4) is 0 Å². The molecule has 0 spiro atoms. The van der Waals surface area contributed by atoms with E-state index in [2.05, 4.69) is 17.2 Å². The van der Waals surface area contributed by atoms with Gasteiger partial charge in [0.25, 0.3) is 0 Å². The summed E-state index contributed by atoms with van der Waals surface area (Å²) in [6, 6.07) is 13.4. The maximum absolute atomic E-state index is 13.1. The van der Waals surface area contributed by atoms with Gasteiger partial charge in [-0.1, -0.05) is 42.2 Å². The van der Waals surface area contributed by atoms with Crippen molar-refractivity contribution in [2.45, 2.75) is 13.0 Å². The summed E-state index contributed by atoms with van der Waals surface area (Å²) in [7, 11) is 0. The van der Waals surface area contributed by atoms with Crippen LogP contribution in [0.15, 0.2) is 48.5 Å². The van der Waals surface area contributed by atoms with Crippen molar-refractivity contribution in [1.29, 1.82) is 0 Å². The molecule has 0 atom stereocenters. The molecule has 0 saturated carbocycles. The molecule has 0 aromatic heterocycles. The molecule has 1 amide bonds. The molecule has 5 heteroatoms. The number of carbonyl (C=O) groups excluding carboxylic acids is 1. The van der Waals surface area contributed by atoms with Crippen LogP contribution in [0, 0.1) is 17.7 Å². The van der Waals surface area contributed by atoms with Crippen molar-refractivity contribution >= 4 is 11.8 Å². The molecule has 0 aliphatic carbocycles. The van der Waals surface area contributed by atoms with Crippen molar-refractivity contribution in [3.63, 3.8) is 0 Å². The summed E-state index contributed by atoms with van der Waals surface area (Å²) in [6.07, 6.45) is -0.0861. The number of ether oxygens (including phenoxy) is 1. The van der Waals surface area contributed by atoms with Gasteiger partial charge in [-0.25, -0.2) is 9.18 Å². The second-order valence-electron chi connectivity index (χ2n) is 4.77. The second kappa shape index (κ2) is 8.44. The van der Waals surface area contributed by atoms with Gasteiger partial charge >= 0.3 is 6.09 Å². The van der Waals surface area contributed by atoms with Gasteiger partial charge in [-0.05, 0) is 23.8 Å². The fourth-order valence-corrected chi connectivity index (χ4v) is 1.80. The third-order valence-corrected chi connectivity index (χ3v) is 2.97. The molecule has 0 aliphatic rings. The number of nitrogen functional groups attached to an aromatic ring is 1. The second-order valence-corrected chi connectivity index (χ2v) is 4.77. The minimum Gasteiger partial charge on any atom is -0.445 e. The van der Waals surface area contributed by atoms with E-state index in [4.69, 9.17) is 10.5 Å². The molecule has 2 rings (SSSR count). The minimum absolute atomic E-state index is 0.220. The summed E-state index contributed by atoms with van der Waals surface area (Å²) in [5.41, 5.74) is 7.48. The average Bonchev–Trinajstić information content (AvgIpc) is 2.56. The van der Waals surface area contributed by atoms with E-state index < -0.39 is 6.09 Å². The van der Waals surface area contributed by atoms with Crippen LogP contribution in [0.25, 0.3) is 0 Å². The number of benzene rings is 2. The third kappa shape index (κ3) is 5.71. The molecule has 0 unspecified atom stereocenters. The molecule has 0 fully saturated rings. The zero-order chi connectivity index (χ0) is 16.5. The van der Waals surface area contributed by atoms with E-state index >= 15 is 0 Å². The van der Waals surface area contributed by atoms with Crippen molar-refractivity contribution in [1.82, 2.24) is 5.32 Å². The lowest BCUT2D eigenvalue weighted by Gasteiger charge is -2.05. The van der Waals surface area contributed by atoms with E-state index in [1.54, 1.807) is 0 Å². The van der Waals surface area contributed by atoms with E-state index in [1.807, 2.05) is 30.3 Å². The molecule has 118 valence electrons. The van der Waals surface area contributed by atoms with E-state index in [1.165, 1.54) is 18.2 Å². The molecule has 2 aromatic rings. The molecule has 3 N–H and O–H groups in total. The first kappa shape index (κ1) is 16.4. The van der Waals surface area contributed by atoms with Gasteiger partial charge in [-0.2, -0.15) is 0 Å². The zero-order valence-electron chi connectivity index (χ0n) is 12.5. The van der Waals surface area contributed by atoms with Crippen molar-refractivity contribution < 1.29 is 13.9 Å². The number of anilines is 1. The summed E-state index contributed by atoms with van der Waals surface area (Å²) in [5.74, 6) is 5.23. The van der Waals surface area contributed by atoms with E-state index in [0.717, 1.165) is 5.56 Å². The number of hydrogen-bond donors (Lipinski definition) is 2. The van der Waals surface area contributed by atoms with Crippen LogP contribution in [-0.4, -0.2) is 12.6 Å². The molecule has 23 heavy (non-hydrogen) atoms. The molecule has 2 aromatic carbocycles. The zero-order valence-corrected chi connectivity index (χ0v) is 12.5. The average molecular weight is 312 g/mol. The Morgan fingerprint density at radius 3 is 2.78 bits per heavy atom. The maximum Gasteiger partial charge on any atom is 0.407 e. The number of nitrogens with two attached hydrogens (primary N) is 1. The summed E-state index contributed by atoms with van der Waals surface area (Å²) in [4.78, 5) is 11.5. The Labute approximate surface area is 134 Å². The normalized spacial score (nSPS) is 9.61. The quantitative estimate of drug-likeness (QED) is 0.518. The number of hydrogen-bond acceptors (Lipinski definition) is 3. The molecule has 0 heterocycles. The molecule has 0 saturated heterocycles. The number of nitrogens with one attached hydrogen (secondary N) is 1. The van der Waals surface area contributed by atoms with Crippen LogP contribution in [0.4, 0.5) is 14.9 Å². The highest BCUT2D eigenvalue weighted by Gasteiger charge is 2.01. The molecule has 0 radical (unpaired) electrons. The van der Waals surface area contributed by atoms with Crippen LogP contribution >= 0.6 is 0 Å². The van der Waals surface area contributed by atoms with Crippen molar-refractivity contribution in [3.05, 3.63) is 65.5 Å². The fourth-order valence-electron chi connectivity index (χ4n) is 1.80. The lowest BCUT2D eigenvalue weighted by molar-refractivity contribution is 0.140. The molecular formula is C18H17FN2O2. The molecular weight excluding hydrogens is 295 g/mol. The van der Waals surface area contributed by atoms with Crippen molar-refractivity contribution in [2.75, 3.05) is 12.3 Å². The predicted octanol–water partition coefficient (Wildman–Crippen LogP) is 3.08. The lowest BCUT2D eigenvalue weighted by atomic mass is 10.2. The number of carbonyl (C=O) groups is 1. The van der Waals surface area contributed by atoms with Gasteiger partial charge in [-0.3, -0.25) is 0 Å². The summed E-state index contributed by atoms with van der Waals surface area (Å²) in [6.45, 7) is 0.564. The minimum atomic E-state index is -0.499. The number of alkyl carbamates (subject to hydrolysis) is 1. The number of rotatable bonds is 4. The largest absolute Gasteiger partial charge is 0.445 e. The van der Waals surface area contributed by atoms with Crippen LogP contribution < -0.4 is 11.1 Å². The highest BCUT2D eigenvalue weighted by Crippen LogP contribution is 2.11. The summed E-state index contributed by atoms with van der Waals surface area (Å²) >= 11 is 0. The van der Waals surface area contributed by atoms with Gasteiger partial charge in [0.15, 0.2) is 0 Å². The van der Waals surface area contributed by atoms with Crippen LogP contribution in [0.2, 0.25) is 0 Å². The SMILES string of the molecule is Nc1ccc(F)cc1C#CCCNC(=O)OCc1ccccc1. The Kier molecular flexibility index (Phi) is 6.01. The number of amides is 1. The first-order chi connectivity index (χ1) is 11.1. The Hall–Kier alpha value is -3.00. The van der Waals surface area contributed by atoms with Crippen molar-refractivity contribution in [3.8, 4) is 11.8 Å². The Bertz CT molecular complexity index is 721. The fraction of sp³-hybridized carbons (Fsp3) is 0.167. The summed E-state index contributed by atoms with van der Waals surface area (Å²) in [5, 5.41) is 2.60. The van der Waals surface area contributed by atoms with E-state index in [0.29, 0.717) is 24.2 Å². The van der Waals surface area contributed by atoms with Gasteiger partial charge in [0.05, 0.1) is 5.56 Å².